The van der Waals surface area contributed by atoms with Crippen molar-refractivity contribution in [2.45, 2.75) is 117 Å². The van der Waals surface area contributed by atoms with Crippen molar-refractivity contribution >= 4 is 0 Å². The molecule has 3 heteroatoms. The highest BCUT2D eigenvalue weighted by Crippen LogP contribution is 2.69. The lowest BCUT2D eigenvalue weighted by atomic mass is 9.42. The van der Waals surface area contributed by atoms with Gasteiger partial charge in [-0.2, -0.15) is 0 Å². The predicted octanol–water partition coefficient (Wildman–Crippen LogP) is 6.19. The summed E-state index contributed by atoms with van der Waals surface area (Å²) in [6.45, 7) is 10.3. The fourth-order valence-corrected chi connectivity index (χ4v) is 9.02. The molecule has 3 nitrogen and oxygen atoms in total. The summed E-state index contributed by atoms with van der Waals surface area (Å²) in [7, 11) is 0. The van der Waals surface area contributed by atoms with Crippen molar-refractivity contribution in [3.05, 3.63) is 0 Å². The Bertz CT molecular complexity index is 548. The second-order valence-electron chi connectivity index (χ2n) is 12.1. The molecule has 0 heterocycles. The molecule has 0 amide bonds. The number of rotatable bonds is 6. The second-order valence-corrected chi connectivity index (χ2v) is 12.1. The minimum atomic E-state index is -0.0371. The number of fused-ring (bicyclic) bond motifs is 5. The molecule has 4 fully saturated rings. The molecule has 4 rings (SSSR count). The second kappa shape index (κ2) is 10.9. The Labute approximate surface area is 192 Å². The predicted molar refractivity (Wildman–Crippen MR) is 129 cm³/mol. The maximum Gasteiger partial charge on any atom is 0.0543 e. The zero-order chi connectivity index (χ0) is 22.6. The van der Waals surface area contributed by atoms with Gasteiger partial charge in [-0.25, -0.2) is 0 Å². The van der Waals surface area contributed by atoms with Gasteiger partial charge in [0, 0.05) is 13.2 Å². The highest BCUT2D eigenvalue weighted by Gasteiger charge is 2.61. The van der Waals surface area contributed by atoms with Crippen LogP contribution < -0.4 is 0 Å². The molecular weight excluding hydrogens is 384 g/mol. The van der Waals surface area contributed by atoms with Crippen LogP contribution in [0, 0.1) is 46.3 Å². The molecule has 0 saturated heterocycles. The highest BCUT2D eigenvalue weighted by molar-refractivity contribution is 5.10. The molecule has 0 aromatic heterocycles. The van der Waals surface area contributed by atoms with Crippen LogP contribution in [0.15, 0.2) is 0 Å². The molecular formula is C28H52O3. The molecule has 4 aliphatic carbocycles. The summed E-state index contributed by atoms with van der Waals surface area (Å²) in [5.41, 5.74) is 1.05. The number of aliphatic hydroxyl groups is 3. The van der Waals surface area contributed by atoms with Crippen LogP contribution in [0.5, 0.6) is 0 Å². The van der Waals surface area contributed by atoms with Gasteiger partial charge in [-0.15, -0.1) is 0 Å². The van der Waals surface area contributed by atoms with Gasteiger partial charge in [0.1, 0.15) is 0 Å². The summed E-state index contributed by atoms with van der Waals surface area (Å²) >= 11 is 0. The van der Waals surface area contributed by atoms with Gasteiger partial charge in [0.15, 0.2) is 0 Å². The van der Waals surface area contributed by atoms with E-state index in [1.807, 2.05) is 6.92 Å². The summed E-state index contributed by atoms with van der Waals surface area (Å²) < 4.78 is 0. The molecule has 31 heavy (non-hydrogen) atoms. The Hall–Kier alpha value is -0.120. The number of unbranched alkanes of at least 4 members (excludes halogenated alkanes) is 1. The SMILES string of the molecule is CCC1CC2C3CCC(CCCCO)C3(C)CCC2C2(C)CCC(O)CC12.CCCO. The van der Waals surface area contributed by atoms with Crippen molar-refractivity contribution in [3.8, 4) is 0 Å². The average molecular weight is 437 g/mol. The molecule has 182 valence electrons. The minimum absolute atomic E-state index is 0.0371. The summed E-state index contributed by atoms with van der Waals surface area (Å²) in [6.07, 6.45) is 16.3. The van der Waals surface area contributed by atoms with E-state index in [9.17, 15) is 10.2 Å². The van der Waals surface area contributed by atoms with E-state index in [0.29, 0.717) is 24.0 Å². The van der Waals surface area contributed by atoms with E-state index >= 15 is 0 Å². The molecule has 9 atom stereocenters. The monoisotopic (exact) mass is 436 g/mol. The van der Waals surface area contributed by atoms with E-state index in [2.05, 4.69) is 20.8 Å². The topological polar surface area (TPSA) is 60.7 Å². The van der Waals surface area contributed by atoms with Crippen LogP contribution in [0.2, 0.25) is 0 Å². The van der Waals surface area contributed by atoms with Gasteiger partial charge < -0.3 is 15.3 Å². The lowest BCUT2D eigenvalue weighted by molar-refractivity contribution is -0.150. The average Bonchev–Trinajstić information content (AvgIpc) is 3.11. The highest BCUT2D eigenvalue weighted by atomic mass is 16.3. The Morgan fingerprint density at radius 2 is 1.45 bits per heavy atom. The Kier molecular flexibility index (Phi) is 8.94. The first-order chi connectivity index (χ1) is 14.9. The molecule has 4 saturated carbocycles. The summed E-state index contributed by atoms with van der Waals surface area (Å²) in [4.78, 5) is 0. The van der Waals surface area contributed by atoms with Crippen LogP contribution in [-0.2, 0) is 0 Å². The van der Waals surface area contributed by atoms with Crippen molar-refractivity contribution in [2.24, 2.45) is 46.3 Å². The van der Waals surface area contributed by atoms with E-state index in [1.165, 1.54) is 57.8 Å². The van der Waals surface area contributed by atoms with Gasteiger partial charge in [-0.3, -0.25) is 0 Å². The van der Waals surface area contributed by atoms with Gasteiger partial charge in [0.05, 0.1) is 6.10 Å². The fourth-order valence-electron chi connectivity index (χ4n) is 9.02. The lowest BCUT2D eigenvalue weighted by Crippen LogP contribution is -2.56. The Morgan fingerprint density at radius 1 is 0.774 bits per heavy atom. The van der Waals surface area contributed by atoms with Crippen LogP contribution >= 0.6 is 0 Å². The molecule has 0 bridgehead atoms. The van der Waals surface area contributed by atoms with Gasteiger partial charge in [-0.05, 0) is 117 Å². The lowest BCUT2D eigenvalue weighted by Gasteiger charge is -2.63. The van der Waals surface area contributed by atoms with E-state index in [-0.39, 0.29) is 6.10 Å². The largest absolute Gasteiger partial charge is 0.396 e. The number of hydrogen-bond acceptors (Lipinski definition) is 3. The molecule has 0 aromatic carbocycles. The smallest absolute Gasteiger partial charge is 0.0543 e. The third kappa shape index (κ3) is 4.90. The third-order valence-electron chi connectivity index (χ3n) is 10.7. The van der Waals surface area contributed by atoms with E-state index in [1.54, 1.807) is 0 Å². The zero-order valence-corrected chi connectivity index (χ0v) is 21.0. The molecule has 0 radical (unpaired) electrons. The first-order valence-electron chi connectivity index (χ1n) is 13.7. The summed E-state index contributed by atoms with van der Waals surface area (Å²) in [5, 5.41) is 27.4. The van der Waals surface area contributed by atoms with Crippen LogP contribution in [-0.4, -0.2) is 34.6 Å². The quantitative estimate of drug-likeness (QED) is 0.435. The van der Waals surface area contributed by atoms with Crippen molar-refractivity contribution in [1.82, 2.24) is 0 Å². The Morgan fingerprint density at radius 3 is 2.10 bits per heavy atom. The maximum absolute atomic E-state index is 10.4. The van der Waals surface area contributed by atoms with E-state index in [4.69, 9.17) is 5.11 Å². The van der Waals surface area contributed by atoms with Gasteiger partial charge in [0.25, 0.3) is 0 Å². The van der Waals surface area contributed by atoms with Gasteiger partial charge in [-0.1, -0.05) is 40.5 Å². The molecule has 3 N–H and O–H groups in total. The molecule has 4 aliphatic rings. The van der Waals surface area contributed by atoms with Crippen molar-refractivity contribution < 1.29 is 15.3 Å². The van der Waals surface area contributed by atoms with Crippen molar-refractivity contribution in [3.63, 3.8) is 0 Å². The zero-order valence-electron chi connectivity index (χ0n) is 21.0. The van der Waals surface area contributed by atoms with Crippen molar-refractivity contribution in [2.75, 3.05) is 13.2 Å². The number of hydrogen-bond donors (Lipinski definition) is 3. The van der Waals surface area contributed by atoms with Crippen LogP contribution in [0.1, 0.15) is 111 Å². The minimum Gasteiger partial charge on any atom is -0.396 e. The molecule has 0 aliphatic heterocycles. The number of aliphatic hydroxyl groups excluding tert-OH is 3. The van der Waals surface area contributed by atoms with Gasteiger partial charge in [0.2, 0.25) is 0 Å². The standard InChI is InChI=1S/C25H44O2.C3H8O/c1-4-17-15-20-21-9-8-18(7-5-6-14-26)24(21,2)13-11-22(20)25(3)12-10-19(27)16-23(17)25;1-2-3-4/h17-23,26-27H,4-16H2,1-3H3;4H,2-3H2,1H3. The molecule has 0 spiro atoms. The van der Waals surface area contributed by atoms with Gasteiger partial charge >= 0.3 is 0 Å². The molecule has 0 aromatic rings. The van der Waals surface area contributed by atoms with Crippen LogP contribution in [0.4, 0.5) is 0 Å². The first kappa shape index (κ1) is 25.5. The van der Waals surface area contributed by atoms with E-state index in [0.717, 1.165) is 61.2 Å². The third-order valence-corrected chi connectivity index (χ3v) is 10.7. The fraction of sp³-hybridized carbons (Fsp3) is 1.00. The molecule has 9 unspecified atom stereocenters. The van der Waals surface area contributed by atoms with E-state index < -0.39 is 0 Å². The summed E-state index contributed by atoms with van der Waals surface area (Å²) in [6, 6.07) is 0. The maximum atomic E-state index is 10.4. The first-order valence-corrected chi connectivity index (χ1v) is 13.7. The summed E-state index contributed by atoms with van der Waals surface area (Å²) in [5.74, 6) is 5.28. The normalized spacial score (nSPS) is 46.4. The Balaban J connectivity index is 0.000000628. The van der Waals surface area contributed by atoms with Crippen molar-refractivity contribution in [1.29, 1.82) is 0 Å². The van der Waals surface area contributed by atoms with Crippen LogP contribution in [0.25, 0.3) is 0 Å². The van der Waals surface area contributed by atoms with Crippen LogP contribution in [0.3, 0.4) is 0 Å².